The SMILES string of the molecule is Cn1c(=O)n(Cc2nc3n(n2)Cc2c(Cl)ncn2-c2ccc(Br)cc2-3)n(Cc2nc3n(n2)Cc2c(Cl)ncn2-c2ccc(Br)cc2-3)c1=O. The molecule has 0 amide bonds. The quantitative estimate of drug-likeness (QED) is 0.261. The summed E-state index contributed by atoms with van der Waals surface area (Å²) in [7, 11) is 1.43. The largest absolute Gasteiger partial charge is 0.347 e. The molecule has 0 N–H and O–H groups in total. The molecule has 15 nitrogen and oxygen atoms in total. The summed E-state index contributed by atoms with van der Waals surface area (Å²) in [5.41, 5.74) is 3.70. The molecule has 0 saturated carbocycles. The Labute approximate surface area is 295 Å². The molecule has 2 aliphatic heterocycles. The van der Waals surface area contributed by atoms with Crippen LogP contribution in [-0.4, -0.2) is 62.6 Å². The van der Waals surface area contributed by atoms with E-state index in [0.717, 1.165) is 47.4 Å². The summed E-state index contributed by atoms with van der Waals surface area (Å²) in [6.45, 7) is 0.440. The van der Waals surface area contributed by atoms with Crippen LogP contribution in [0, 0.1) is 0 Å². The normalized spacial score (nSPS) is 12.9. The molecule has 0 aliphatic carbocycles. The van der Waals surface area contributed by atoms with Crippen molar-refractivity contribution >= 4 is 55.1 Å². The Hall–Kier alpha value is -4.58. The predicted octanol–water partition coefficient (Wildman–Crippen LogP) is 3.89. The van der Waals surface area contributed by atoms with E-state index in [1.165, 1.54) is 16.4 Å². The monoisotopic (exact) mass is 809 g/mol. The van der Waals surface area contributed by atoms with Gasteiger partial charge in [-0.15, -0.1) is 0 Å². The first-order valence-corrected chi connectivity index (χ1v) is 16.8. The lowest BCUT2D eigenvalue weighted by Crippen LogP contribution is -2.28. The number of rotatable bonds is 4. The van der Waals surface area contributed by atoms with Gasteiger partial charge in [-0.2, -0.15) is 10.2 Å². The van der Waals surface area contributed by atoms with Gasteiger partial charge in [-0.05, 0) is 36.4 Å². The highest BCUT2D eigenvalue weighted by atomic mass is 79.9. The van der Waals surface area contributed by atoms with Crippen LogP contribution in [0.4, 0.5) is 0 Å². The second-order valence-electron chi connectivity index (χ2n) is 11.3. The summed E-state index contributed by atoms with van der Waals surface area (Å²) in [5, 5.41) is 10.2. The molecule has 0 unspecified atom stereocenters. The maximum Gasteiger partial charge on any atom is 0.347 e. The molecule has 0 fully saturated rings. The van der Waals surface area contributed by atoms with E-state index in [4.69, 9.17) is 43.4 Å². The average Bonchev–Trinajstić information content (AvgIpc) is 3.85. The Morgan fingerprint density at radius 1 is 0.708 bits per heavy atom. The third-order valence-corrected chi connectivity index (χ3v) is 10.1. The molecule has 0 atom stereocenters. The molecule has 2 aromatic carbocycles. The van der Waals surface area contributed by atoms with Crippen LogP contribution in [0.15, 0.2) is 67.6 Å². The summed E-state index contributed by atoms with van der Waals surface area (Å²) in [5.74, 6) is 1.83. The van der Waals surface area contributed by atoms with E-state index in [2.05, 4.69) is 41.8 Å². The molecule has 7 heterocycles. The van der Waals surface area contributed by atoms with Crippen molar-refractivity contribution in [3.8, 4) is 34.2 Å². The second-order valence-corrected chi connectivity index (χ2v) is 13.8. The first-order valence-electron chi connectivity index (χ1n) is 14.4. The van der Waals surface area contributed by atoms with Crippen LogP contribution >= 0.6 is 55.1 Å². The van der Waals surface area contributed by atoms with Gasteiger partial charge in [0.05, 0.1) is 35.9 Å². The van der Waals surface area contributed by atoms with E-state index in [1.807, 2.05) is 45.5 Å². The molecule has 7 aromatic rings. The van der Waals surface area contributed by atoms with Gasteiger partial charge in [0.2, 0.25) is 0 Å². The molecular weight excluding hydrogens is 793 g/mol. The lowest BCUT2D eigenvalue weighted by Gasteiger charge is -2.09. The Kier molecular flexibility index (Phi) is 6.60. The molecule has 0 bridgehead atoms. The van der Waals surface area contributed by atoms with Crippen molar-refractivity contribution in [3.63, 3.8) is 0 Å². The first kappa shape index (κ1) is 29.6. The number of fused-ring (bicyclic) bond motifs is 10. The van der Waals surface area contributed by atoms with Crippen molar-refractivity contribution < 1.29 is 0 Å². The number of benzene rings is 2. The molecule has 240 valence electrons. The van der Waals surface area contributed by atoms with E-state index in [-0.39, 0.29) is 13.1 Å². The van der Waals surface area contributed by atoms with Crippen LogP contribution in [0.3, 0.4) is 0 Å². The van der Waals surface area contributed by atoms with Crippen LogP contribution < -0.4 is 11.4 Å². The number of imidazole rings is 2. The molecule has 0 spiro atoms. The fourth-order valence-electron chi connectivity index (χ4n) is 6.22. The minimum atomic E-state index is -0.528. The van der Waals surface area contributed by atoms with E-state index < -0.39 is 11.4 Å². The second kappa shape index (κ2) is 10.7. The lowest BCUT2D eigenvalue weighted by molar-refractivity contribution is 0.468. The Morgan fingerprint density at radius 2 is 1.15 bits per heavy atom. The van der Waals surface area contributed by atoms with Crippen LogP contribution in [0.25, 0.3) is 34.2 Å². The highest BCUT2D eigenvalue weighted by Crippen LogP contribution is 2.36. The minimum absolute atomic E-state index is 0.0800. The molecule has 19 heteroatoms. The van der Waals surface area contributed by atoms with E-state index >= 15 is 0 Å². The number of aromatic nitrogens is 13. The smallest absolute Gasteiger partial charge is 0.299 e. The third kappa shape index (κ3) is 4.44. The third-order valence-electron chi connectivity index (χ3n) is 8.47. The van der Waals surface area contributed by atoms with Gasteiger partial charge < -0.3 is 0 Å². The van der Waals surface area contributed by atoms with Crippen molar-refractivity contribution in [1.82, 2.24) is 62.6 Å². The Morgan fingerprint density at radius 3 is 1.58 bits per heavy atom. The van der Waals surface area contributed by atoms with Gasteiger partial charge in [0.25, 0.3) is 0 Å². The van der Waals surface area contributed by atoms with Crippen LogP contribution in [0.5, 0.6) is 0 Å². The summed E-state index contributed by atoms with van der Waals surface area (Å²) < 4.78 is 12.6. The van der Waals surface area contributed by atoms with E-state index in [1.54, 1.807) is 22.0 Å². The van der Waals surface area contributed by atoms with E-state index in [0.29, 0.717) is 46.7 Å². The van der Waals surface area contributed by atoms with Crippen molar-refractivity contribution in [2.24, 2.45) is 7.05 Å². The number of hydrogen-bond acceptors (Lipinski definition) is 8. The molecule has 2 aliphatic rings. The Bertz CT molecular complexity index is 2430. The highest BCUT2D eigenvalue weighted by molar-refractivity contribution is 9.10. The fourth-order valence-corrected chi connectivity index (χ4v) is 7.33. The number of nitrogens with zero attached hydrogens (tertiary/aromatic N) is 13. The van der Waals surface area contributed by atoms with Gasteiger partial charge in [0.15, 0.2) is 33.6 Å². The zero-order valence-corrected chi connectivity index (χ0v) is 29.3. The zero-order chi connectivity index (χ0) is 33.0. The van der Waals surface area contributed by atoms with Crippen molar-refractivity contribution in [2.45, 2.75) is 26.2 Å². The Balaban J connectivity index is 1.11. The van der Waals surface area contributed by atoms with Crippen molar-refractivity contribution in [3.05, 3.63) is 112 Å². The fraction of sp³-hybridized carbons (Fsp3) is 0.172. The maximum absolute atomic E-state index is 13.4. The summed E-state index contributed by atoms with van der Waals surface area (Å²) >= 11 is 20.0. The van der Waals surface area contributed by atoms with Gasteiger partial charge in [-0.25, -0.2) is 52.8 Å². The van der Waals surface area contributed by atoms with Gasteiger partial charge >= 0.3 is 11.4 Å². The molecule has 0 saturated heterocycles. The maximum atomic E-state index is 13.4. The molecule has 0 radical (unpaired) electrons. The van der Waals surface area contributed by atoms with Crippen LogP contribution in [0.2, 0.25) is 10.3 Å². The lowest BCUT2D eigenvalue weighted by atomic mass is 10.1. The first-order chi connectivity index (χ1) is 23.1. The number of hydrogen-bond donors (Lipinski definition) is 0. The van der Waals surface area contributed by atoms with Gasteiger partial charge in [-0.3, -0.25) is 9.13 Å². The highest BCUT2D eigenvalue weighted by Gasteiger charge is 2.28. The topological polar surface area (TPSA) is 146 Å². The molecule has 48 heavy (non-hydrogen) atoms. The summed E-state index contributed by atoms with van der Waals surface area (Å²) in [4.78, 5) is 45.1. The predicted molar refractivity (Wildman–Crippen MR) is 181 cm³/mol. The number of halogens is 4. The molecule has 9 rings (SSSR count). The summed E-state index contributed by atoms with van der Waals surface area (Å²) in [6.07, 6.45) is 3.34. The molecule has 5 aromatic heterocycles. The van der Waals surface area contributed by atoms with Crippen LogP contribution in [0.1, 0.15) is 23.0 Å². The van der Waals surface area contributed by atoms with Crippen LogP contribution in [-0.2, 0) is 33.2 Å². The minimum Gasteiger partial charge on any atom is -0.299 e. The van der Waals surface area contributed by atoms with Gasteiger partial charge in [0, 0.05) is 27.1 Å². The molecular formula is C29H19Br2Cl2N13O2. The zero-order valence-electron chi connectivity index (χ0n) is 24.6. The van der Waals surface area contributed by atoms with Crippen molar-refractivity contribution in [2.75, 3.05) is 0 Å². The average molecular weight is 812 g/mol. The van der Waals surface area contributed by atoms with Gasteiger partial charge in [0.1, 0.15) is 25.7 Å². The van der Waals surface area contributed by atoms with E-state index in [9.17, 15) is 9.59 Å². The standard InChI is InChI=1S/C29H19Br2Cl2N13O2/c1-40-28(47)45(10-22-36-26-16-6-14(30)2-4-18(16)41-12-34-24(32)20(41)8-43(26)38-22)46(29(40)48)11-23-37-27-17-7-15(31)3-5-19(17)42-13-35-25(33)21(42)9-44(27)39-23/h2-7,12-13H,8-11H2,1H3. The van der Waals surface area contributed by atoms with Crippen molar-refractivity contribution in [1.29, 1.82) is 0 Å². The van der Waals surface area contributed by atoms with Gasteiger partial charge in [-0.1, -0.05) is 55.1 Å². The summed E-state index contributed by atoms with van der Waals surface area (Å²) in [6, 6.07) is 11.6.